The number of nitrogens with zero attached hydrogens (tertiary/aromatic N) is 5. The quantitative estimate of drug-likeness (QED) is 0.307. The Labute approximate surface area is 244 Å². The highest BCUT2D eigenvalue weighted by atomic mass is 35.5. The molecule has 0 unspecified atom stereocenters. The third-order valence-corrected chi connectivity index (χ3v) is 8.53. The van der Waals surface area contributed by atoms with Crippen LogP contribution >= 0.6 is 11.6 Å². The first-order valence-corrected chi connectivity index (χ1v) is 15.9. The van der Waals surface area contributed by atoms with Gasteiger partial charge in [-0.05, 0) is 119 Å². The van der Waals surface area contributed by atoms with Gasteiger partial charge in [0.2, 0.25) is 5.28 Å². The highest BCUT2D eigenvalue weighted by Gasteiger charge is 2.41. The average Bonchev–Trinajstić information content (AvgIpc) is 2.74. The summed E-state index contributed by atoms with van der Waals surface area (Å²) in [5, 5.41) is 7.99. The van der Waals surface area contributed by atoms with Gasteiger partial charge >= 0.3 is 0 Å². The van der Waals surface area contributed by atoms with Crippen LogP contribution in [0.2, 0.25) is 5.28 Å². The van der Waals surface area contributed by atoms with Crippen molar-refractivity contribution in [2.45, 2.75) is 168 Å². The predicted molar refractivity (Wildman–Crippen MR) is 164 cm³/mol. The molecule has 7 nitrogen and oxygen atoms in total. The summed E-state index contributed by atoms with van der Waals surface area (Å²) in [6.07, 6.45) is 9.12. The van der Waals surface area contributed by atoms with E-state index in [0.717, 1.165) is 50.4 Å². The van der Waals surface area contributed by atoms with Crippen LogP contribution in [0, 0.1) is 0 Å². The standard InChI is InChI=1S/C31H58ClN7/c1-11-13-15-38(23-17-28(3,4)36-29(5,6)18-23)21-25-33-26(35-27(32)34-25)22-39(16-14-12-2)24-19-30(7,8)37-31(9,10)20-24/h23-24,36-37H,11-22H2,1-10H3. The lowest BCUT2D eigenvalue weighted by molar-refractivity contribution is 0.0567. The molecule has 3 heterocycles. The molecule has 1 aromatic heterocycles. The van der Waals surface area contributed by atoms with Crippen LogP contribution in [0.25, 0.3) is 0 Å². The lowest BCUT2D eigenvalue weighted by Gasteiger charge is -2.49. The Balaban J connectivity index is 1.83. The Kier molecular flexibility index (Phi) is 10.9. The maximum atomic E-state index is 6.56. The zero-order valence-corrected chi connectivity index (χ0v) is 27.5. The predicted octanol–water partition coefficient (Wildman–Crippen LogP) is 6.35. The molecule has 1 aromatic rings. The first-order valence-electron chi connectivity index (χ1n) is 15.5. The van der Waals surface area contributed by atoms with Crippen molar-refractivity contribution >= 4 is 11.6 Å². The minimum Gasteiger partial charge on any atom is -0.307 e. The minimum absolute atomic E-state index is 0.0922. The van der Waals surface area contributed by atoms with Gasteiger partial charge in [0, 0.05) is 34.2 Å². The molecule has 39 heavy (non-hydrogen) atoms. The molecule has 0 amide bonds. The summed E-state index contributed by atoms with van der Waals surface area (Å²) in [4.78, 5) is 19.5. The summed E-state index contributed by atoms with van der Waals surface area (Å²) in [7, 11) is 0. The fraction of sp³-hybridized carbons (Fsp3) is 0.903. The van der Waals surface area contributed by atoms with Crippen molar-refractivity contribution in [3.05, 3.63) is 16.9 Å². The second-order valence-electron chi connectivity index (χ2n) is 15.0. The van der Waals surface area contributed by atoms with Gasteiger partial charge in [-0.15, -0.1) is 0 Å². The first-order chi connectivity index (χ1) is 18.0. The molecule has 0 aliphatic carbocycles. The molecule has 0 aromatic carbocycles. The zero-order valence-electron chi connectivity index (χ0n) is 26.8. The molecule has 0 atom stereocenters. The average molecular weight is 564 g/mol. The van der Waals surface area contributed by atoms with E-state index >= 15 is 0 Å². The number of aromatic nitrogens is 3. The molecule has 8 heteroatoms. The molecular weight excluding hydrogens is 506 g/mol. The lowest BCUT2D eigenvalue weighted by Crippen LogP contribution is -2.62. The van der Waals surface area contributed by atoms with Gasteiger partial charge in [-0.25, -0.2) is 15.0 Å². The van der Waals surface area contributed by atoms with Crippen molar-refractivity contribution in [3.63, 3.8) is 0 Å². The summed E-state index contributed by atoms with van der Waals surface area (Å²) in [6.45, 7) is 26.7. The Morgan fingerprint density at radius 3 is 1.28 bits per heavy atom. The Morgan fingerprint density at radius 2 is 0.974 bits per heavy atom. The molecule has 0 radical (unpaired) electrons. The van der Waals surface area contributed by atoms with Gasteiger partial charge in [-0.3, -0.25) is 9.80 Å². The van der Waals surface area contributed by atoms with E-state index in [1.807, 2.05) is 0 Å². The van der Waals surface area contributed by atoms with Crippen molar-refractivity contribution in [3.8, 4) is 0 Å². The number of piperidine rings is 2. The molecule has 2 saturated heterocycles. The number of halogens is 1. The molecule has 2 fully saturated rings. The topological polar surface area (TPSA) is 69.2 Å². The summed E-state index contributed by atoms with van der Waals surface area (Å²) in [5.74, 6) is 1.60. The summed E-state index contributed by atoms with van der Waals surface area (Å²) >= 11 is 6.56. The minimum atomic E-state index is 0.0922. The van der Waals surface area contributed by atoms with Crippen LogP contribution in [0.1, 0.15) is 132 Å². The molecular formula is C31H58ClN7. The highest BCUT2D eigenvalue weighted by Crippen LogP contribution is 2.34. The number of nitrogens with one attached hydrogen (secondary N) is 2. The maximum absolute atomic E-state index is 6.56. The van der Waals surface area contributed by atoms with Crippen LogP contribution in [-0.4, -0.2) is 72.1 Å². The van der Waals surface area contributed by atoms with Gasteiger partial charge in [0.1, 0.15) is 11.6 Å². The molecule has 2 aliphatic heterocycles. The normalized spacial score (nSPS) is 23.0. The molecule has 0 bridgehead atoms. The van der Waals surface area contributed by atoms with E-state index < -0.39 is 0 Å². The third kappa shape index (κ3) is 10.2. The van der Waals surface area contributed by atoms with Crippen LogP contribution in [0.15, 0.2) is 0 Å². The maximum Gasteiger partial charge on any atom is 0.225 e. The Hall–Kier alpha value is -0.860. The molecule has 224 valence electrons. The van der Waals surface area contributed by atoms with Gasteiger partial charge in [-0.1, -0.05) is 26.7 Å². The number of rotatable bonds is 12. The zero-order chi connectivity index (χ0) is 29.1. The van der Waals surface area contributed by atoms with Gasteiger partial charge in [0.05, 0.1) is 13.1 Å². The fourth-order valence-electron chi connectivity index (χ4n) is 7.50. The SMILES string of the molecule is CCCCN(Cc1nc(Cl)nc(CN(CCCC)C2CC(C)(C)NC(C)(C)C2)n1)C1CC(C)(C)NC(C)(C)C1. The lowest BCUT2D eigenvalue weighted by atomic mass is 9.79. The largest absolute Gasteiger partial charge is 0.307 e. The molecule has 0 spiro atoms. The van der Waals surface area contributed by atoms with Crippen LogP contribution in [0.5, 0.6) is 0 Å². The van der Waals surface area contributed by atoms with Crippen LogP contribution in [0.3, 0.4) is 0 Å². The number of unbranched alkanes of at least 4 members (excludes halogenated alkanes) is 2. The van der Waals surface area contributed by atoms with E-state index in [9.17, 15) is 0 Å². The summed E-state index contributed by atoms with van der Waals surface area (Å²) in [6, 6.07) is 0.948. The van der Waals surface area contributed by atoms with Gasteiger partial charge < -0.3 is 10.6 Å². The van der Waals surface area contributed by atoms with Crippen LogP contribution < -0.4 is 10.6 Å². The molecule has 2 N–H and O–H groups in total. The van der Waals surface area contributed by atoms with E-state index in [-0.39, 0.29) is 22.2 Å². The van der Waals surface area contributed by atoms with Crippen molar-refractivity contribution in [1.29, 1.82) is 0 Å². The van der Waals surface area contributed by atoms with E-state index in [0.29, 0.717) is 30.5 Å². The number of hydrogen-bond acceptors (Lipinski definition) is 7. The van der Waals surface area contributed by atoms with Crippen molar-refractivity contribution in [2.75, 3.05) is 13.1 Å². The van der Waals surface area contributed by atoms with E-state index in [4.69, 9.17) is 16.6 Å². The van der Waals surface area contributed by atoms with Gasteiger partial charge in [0.25, 0.3) is 0 Å². The van der Waals surface area contributed by atoms with E-state index in [1.54, 1.807) is 0 Å². The van der Waals surface area contributed by atoms with E-state index in [2.05, 4.69) is 99.6 Å². The van der Waals surface area contributed by atoms with Crippen LogP contribution in [0.4, 0.5) is 0 Å². The molecule has 3 rings (SSSR count). The first kappa shape index (κ1) is 32.7. The van der Waals surface area contributed by atoms with Gasteiger partial charge in [-0.2, -0.15) is 0 Å². The second-order valence-corrected chi connectivity index (χ2v) is 15.3. The second kappa shape index (κ2) is 13.0. The molecule has 0 saturated carbocycles. The summed E-state index contributed by atoms with van der Waals surface area (Å²) in [5.41, 5.74) is 0.369. The monoisotopic (exact) mass is 563 g/mol. The fourth-order valence-corrected chi connectivity index (χ4v) is 7.69. The number of hydrogen-bond donors (Lipinski definition) is 2. The Morgan fingerprint density at radius 1 is 0.641 bits per heavy atom. The third-order valence-electron chi connectivity index (χ3n) is 8.36. The van der Waals surface area contributed by atoms with E-state index in [1.165, 1.54) is 25.7 Å². The van der Waals surface area contributed by atoms with Crippen LogP contribution in [-0.2, 0) is 13.1 Å². The summed E-state index contributed by atoms with van der Waals surface area (Å²) < 4.78 is 0. The smallest absolute Gasteiger partial charge is 0.225 e. The van der Waals surface area contributed by atoms with Crippen molar-refractivity contribution < 1.29 is 0 Å². The van der Waals surface area contributed by atoms with Crippen molar-refractivity contribution in [2.24, 2.45) is 0 Å². The van der Waals surface area contributed by atoms with Crippen molar-refractivity contribution in [1.82, 2.24) is 35.4 Å². The highest BCUT2D eigenvalue weighted by molar-refractivity contribution is 6.28. The van der Waals surface area contributed by atoms with Gasteiger partial charge in [0.15, 0.2) is 0 Å². The Bertz CT molecular complexity index is 827. The molecule has 2 aliphatic rings.